The molecule has 1 heterocycles. The number of carbonyl (C=O) groups excluding carboxylic acids is 2. The van der Waals surface area contributed by atoms with Crippen molar-refractivity contribution in [1.29, 1.82) is 0 Å². The van der Waals surface area contributed by atoms with Crippen LogP contribution in [0.25, 0.3) is 0 Å². The summed E-state index contributed by atoms with van der Waals surface area (Å²) in [7, 11) is 0. The molecule has 0 saturated heterocycles. The van der Waals surface area contributed by atoms with E-state index in [0.29, 0.717) is 23.3 Å². The average molecular weight is 431 g/mol. The zero-order valence-electron chi connectivity index (χ0n) is 21.2. The Morgan fingerprint density at radius 1 is 0.806 bits per heavy atom. The summed E-state index contributed by atoms with van der Waals surface area (Å²) in [6, 6.07) is 0. The first-order chi connectivity index (χ1) is 14.5. The number of ketones is 2. The van der Waals surface area contributed by atoms with Crippen LogP contribution in [-0.2, 0) is 14.3 Å². The van der Waals surface area contributed by atoms with Gasteiger partial charge in [0.05, 0.1) is 0 Å². The molecule has 176 valence electrons. The Bertz CT molecular complexity index is 712. The fraction of sp³-hybridized carbons (Fsp3) is 0.786. The van der Waals surface area contributed by atoms with Crippen LogP contribution >= 0.6 is 0 Å². The molecular formula is C28H46O3. The van der Waals surface area contributed by atoms with Crippen LogP contribution in [0.2, 0.25) is 0 Å². The summed E-state index contributed by atoms with van der Waals surface area (Å²) < 4.78 is 6.38. The third-order valence-corrected chi connectivity index (χ3v) is 7.53. The van der Waals surface area contributed by atoms with E-state index in [1.807, 2.05) is 6.92 Å². The van der Waals surface area contributed by atoms with E-state index in [9.17, 15) is 9.59 Å². The molecule has 0 spiro atoms. The van der Waals surface area contributed by atoms with Crippen LogP contribution in [0.1, 0.15) is 119 Å². The van der Waals surface area contributed by atoms with Gasteiger partial charge in [-0.2, -0.15) is 0 Å². The van der Waals surface area contributed by atoms with Gasteiger partial charge in [-0.1, -0.05) is 72.6 Å². The van der Waals surface area contributed by atoms with E-state index in [2.05, 4.69) is 34.6 Å². The molecule has 0 aromatic heterocycles. The zero-order valence-corrected chi connectivity index (χ0v) is 21.2. The van der Waals surface area contributed by atoms with Gasteiger partial charge in [0.1, 0.15) is 11.4 Å². The van der Waals surface area contributed by atoms with E-state index in [0.717, 1.165) is 42.6 Å². The number of ether oxygens (including phenoxy) is 1. The maximum atomic E-state index is 12.3. The van der Waals surface area contributed by atoms with Crippen LogP contribution in [0.3, 0.4) is 0 Å². The Morgan fingerprint density at radius 3 is 1.94 bits per heavy atom. The van der Waals surface area contributed by atoms with Crippen LogP contribution in [0, 0.1) is 17.8 Å². The molecule has 3 atom stereocenters. The second-order valence-corrected chi connectivity index (χ2v) is 11.1. The van der Waals surface area contributed by atoms with E-state index in [1.165, 1.54) is 44.9 Å². The number of carbonyl (C=O) groups is 2. The molecular weight excluding hydrogens is 384 g/mol. The smallest absolute Gasteiger partial charge is 0.232 e. The number of Topliss-reactive ketones (excluding diaryl/α,β-unsaturated/α-hetero) is 2. The predicted octanol–water partition coefficient (Wildman–Crippen LogP) is 7.74. The van der Waals surface area contributed by atoms with E-state index in [4.69, 9.17) is 4.74 Å². The van der Waals surface area contributed by atoms with Gasteiger partial charge in [-0.25, -0.2) is 0 Å². The fourth-order valence-corrected chi connectivity index (χ4v) is 5.01. The highest BCUT2D eigenvalue weighted by atomic mass is 16.5. The van der Waals surface area contributed by atoms with Crippen LogP contribution in [0.5, 0.6) is 0 Å². The number of allylic oxidation sites excluding steroid dienone is 3. The van der Waals surface area contributed by atoms with Gasteiger partial charge in [0.2, 0.25) is 11.6 Å². The molecule has 0 unspecified atom stereocenters. The molecule has 1 aliphatic heterocycles. The molecule has 0 amide bonds. The Kier molecular flexibility index (Phi) is 9.58. The molecule has 2 aliphatic rings. The monoisotopic (exact) mass is 430 g/mol. The fourth-order valence-electron chi connectivity index (χ4n) is 5.01. The second kappa shape index (κ2) is 11.5. The van der Waals surface area contributed by atoms with Gasteiger partial charge >= 0.3 is 0 Å². The Morgan fingerprint density at radius 2 is 1.35 bits per heavy atom. The summed E-state index contributed by atoms with van der Waals surface area (Å²) in [5.41, 5.74) is 1.76. The Hall–Kier alpha value is -1.38. The van der Waals surface area contributed by atoms with Crippen LogP contribution in [0.4, 0.5) is 0 Å². The van der Waals surface area contributed by atoms with Crippen molar-refractivity contribution in [3.05, 3.63) is 22.5 Å². The number of hydrogen-bond donors (Lipinski definition) is 0. The summed E-state index contributed by atoms with van der Waals surface area (Å²) in [6.45, 7) is 15.2. The third-order valence-electron chi connectivity index (χ3n) is 7.53. The third kappa shape index (κ3) is 7.32. The van der Waals surface area contributed by atoms with Crippen LogP contribution in [-0.4, -0.2) is 17.2 Å². The molecule has 0 fully saturated rings. The Labute approximate surface area is 191 Å². The molecule has 2 rings (SSSR count). The van der Waals surface area contributed by atoms with E-state index in [1.54, 1.807) is 6.92 Å². The SMILES string of the molecule is CC1=C(C)C2=C(CC[C@@](C)(CCC[C@H](C)CCC[C@H](C)CCCC(C)C)O2)C(=O)C1=O. The summed E-state index contributed by atoms with van der Waals surface area (Å²) >= 11 is 0. The molecule has 0 aromatic rings. The molecule has 0 radical (unpaired) electrons. The van der Waals surface area contributed by atoms with Gasteiger partial charge in [0.25, 0.3) is 0 Å². The molecule has 0 saturated carbocycles. The topological polar surface area (TPSA) is 43.4 Å². The molecule has 31 heavy (non-hydrogen) atoms. The van der Waals surface area contributed by atoms with Crippen LogP contribution in [0.15, 0.2) is 22.5 Å². The lowest BCUT2D eigenvalue weighted by atomic mass is 9.81. The summed E-state index contributed by atoms with van der Waals surface area (Å²) in [5, 5.41) is 0. The molecule has 3 heteroatoms. The molecule has 0 bridgehead atoms. The summed E-state index contributed by atoms with van der Waals surface area (Å²) in [5.74, 6) is 2.42. The van der Waals surface area contributed by atoms with Gasteiger partial charge in [0, 0.05) is 11.1 Å². The summed E-state index contributed by atoms with van der Waals surface area (Å²) in [6.07, 6.45) is 13.0. The first kappa shape index (κ1) is 25.9. The first-order valence-electron chi connectivity index (χ1n) is 12.7. The maximum Gasteiger partial charge on any atom is 0.232 e. The lowest BCUT2D eigenvalue weighted by molar-refractivity contribution is -0.133. The zero-order chi connectivity index (χ0) is 23.2. The van der Waals surface area contributed by atoms with E-state index >= 15 is 0 Å². The molecule has 0 aromatic carbocycles. The Balaban J connectivity index is 1.72. The van der Waals surface area contributed by atoms with Gasteiger partial charge in [-0.05, 0) is 69.8 Å². The van der Waals surface area contributed by atoms with E-state index < -0.39 is 0 Å². The quantitative estimate of drug-likeness (QED) is 0.235. The highest BCUT2D eigenvalue weighted by molar-refractivity contribution is 6.50. The molecule has 1 aliphatic carbocycles. The maximum absolute atomic E-state index is 12.3. The normalized spacial score (nSPS) is 23.9. The van der Waals surface area contributed by atoms with Gasteiger partial charge < -0.3 is 4.74 Å². The van der Waals surface area contributed by atoms with Crippen molar-refractivity contribution in [3.63, 3.8) is 0 Å². The number of rotatable bonds is 12. The average Bonchev–Trinajstić information content (AvgIpc) is 2.70. The largest absolute Gasteiger partial charge is 0.487 e. The highest BCUT2D eigenvalue weighted by Crippen LogP contribution is 2.41. The van der Waals surface area contributed by atoms with Crippen molar-refractivity contribution in [2.75, 3.05) is 0 Å². The first-order valence-corrected chi connectivity index (χ1v) is 12.7. The van der Waals surface area contributed by atoms with Crippen molar-refractivity contribution in [1.82, 2.24) is 0 Å². The van der Waals surface area contributed by atoms with Crippen molar-refractivity contribution in [2.24, 2.45) is 17.8 Å². The minimum Gasteiger partial charge on any atom is -0.487 e. The summed E-state index contributed by atoms with van der Waals surface area (Å²) in [4.78, 5) is 24.5. The van der Waals surface area contributed by atoms with Crippen molar-refractivity contribution in [3.8, 4) is 0 Å². The van der Waals surface area contributed by atoms with Crippen molar-refractivity contribution < 1.29 is 14.3 Å². The standard InChI is InChI=1S/C28H46O3/c1-19(2)11-8-12-20(3)13-9-14-21(4)15-10-17-28(7)18-16-24-26(30)25(29)22(5)23(6)27(24)31-28/h19-21H,8-18H2,1-7H3/t20-,21-,28-/m1/s1. The van der Waals surface area contributed by atoms with Gasteiger partial charge in [-0.15, -0.1) is 0 Å². The molecule has 3 nitrogen and oxygen atoms in total. The second-order valence-electron chi connectivity index (χ2n) is 11.1. The van der Waals surface area contributed by atoms with Gasteiger partial charge in [-0.3, -0.25) is 9.59 Å². The lowest BCUT2D eigenvalue weighted by Crippen LogP contribution is -2.37. The highest BCUT2D eigenvalue weighted by Gasteiger charge is 2.40. The number of hydrogen-bond acceptors (Lipinski definition) is 3. The lowest BCUT2D eigenvalue weighted by Gasteiger charge is -2.39. The van der Waals surface area contributed by atoms with Crippen LogP contribution < -0.4 is 0 Å². The molecule has 0 N–H and O–H groups in total. The van der Waals surface area contributed by atoms with E-state index in [-0.39, 0.29) is 17.2 Å². The van der Waals surface area contributed by atoms with Crippen molar-refractivity contribution in [2.45, 2.75) is 125 Å². The predicted molar refractivity (Wildman–Crippen MR) is 129 cm³/mol. The minimum atomic E-state index is -0.355. The van der Waals surface area contributed by atoms with Crippen molar-refractivity contribution >= 4 is 11.6 Å². The minimum absolute atomic E-state index is 0.230. The van der Waals surface area contributed by atoms with Gasteiger partial charge in [0.15, 0.2) is 0 Å².